The van der Waals surface area contributed by atoms with Gasteiger partial charge in [-0.15, -0.1) is 0 Å². The number of aromatic hydroxyl groups is 1. The number of ether oxygens (including phenoxy) is 1. The van der Waals surface area contributed by atoms with Gasteiger partial charge in [-0.05, 0) is 31.4 Å². The van der Waals surface area contributed by atoms with Crippen molar-refractivity contribution in [3.8, 4) is 11.5 Å². The molecule has 0 aliphatic rings. The van der Waals surface area contributed by atoms with Crippen molar-refractivity contribution in [1.82, 2.24) is 5.32 Å². The van der Waals surface area contributed by atoms with E-state index in [-0.39, 0.29) is 24.1 Å². The number of rotatable bonds is 8. The summed E-state index contributed by atoms with van der Waals surface area (Å²) in [6.45, 7) is 3.63. The van der Waals surface area contributed by atoms with Crippen LogP contribution in [0.15, 0.2) is 18.2 Å². The molecule has 116 valence electrons. The van der Waals surface area contributed by atoms with Crippen LogP contribution in [-0.2, 0) is 16.0 Å². The summed E-state index contributed by atoms with van der Waals surface area (Å²) in [5.41, 5.74) is 0.616. The first-order chi connectivity index (χ1) is 9.93. The monoisotopic (exact) mass is 295 g/mol. The molecule has 0 aliphatic heterocycles. The van der Waals surface area contributed by atoms with Gasteiger partial charge in [0.15, 0.2) is 11.5 Å². The molecule has 0 aliphatic carbocycles. The van der Waals surface area contributed by atoms with E-state index in [1.54, 1.807) is 18.2 Å². The summed E-state index contributed by atoms with van der Waals surface area (Å²) < 4.78 is 5.31. The zero-order valence-corrected chi connectivity index (χ0v) is 12.3. The Balaban J connectivity index is 2.84. The van der Waals surface area contributed by atoms with Gasteiger partial charge >= 0.3 is 5.97 Å². The number of aliphatic carboxylic acids is 1. The maximum atomic E-state index is 11.2. The Morgan fingerprint density at radius 3 is 2.67 bits per heavy atom. The molecule has 21 heavy (non-hydrogen) atoms. The van der Waals surface area contributed by atoms with Crippen LogP contribution in [0.3, 0.4) is 0 Å². The minimum absolute atomic E-state index is 0.0324. The molecule has 1 aromatic carbocycles. The Bertz CT molecular complexity index is 501. The maximum absolute atomic E-state index is 11.2. The number of phenolic OH excluding ortho intramolecular Hbond substituents is 1. The Kier molecular flexibility index (Phi) is 6.52. The second-order valence-electron chi connectivity index (χ2n) is 4.73. The number of hydrogen-bond acceptors (Lipinski definition) is 4. The summed E-state index contributed by atoms with van der Waals surface area (Å²) in [6, 6.07) is 4.80. The molecule has 0 saturated carbocycles. The third-order valence-electron chi connectivity index (χ3n) is 2.96. The highest BCUT2D eigenvalue weighted by atomic mass is 16.5. The highest BCUT2D eigenvalue weighted by molar-refractivity contribution is 5.73. The summed E-state index contributed by atoms with van der Waals surface area (Å²) in [6.07, 6.45) is 0.601. The van der Waals surface area contributed by atoms with Crippen LogP contribution in [0, 0.1) is 0 Å². The predicted octanol–water partition coefficient (Wildman–Crippen LogP) is 1.70. The third kappa shape index (κ3) is 5.72. The summed E-state index contributed by atoms with van der Waals surface area (Å²) in [5, 5.41) is 21.6. The molecule has 0 heterocycles. The first kappa shape index (κ1) is 16.8. The fraction of sp³-hybridized carbons (Fsp3) is 0.467. The van der Waals surface area contributed by atoms with Crippen molar-refractivity contribution in [3.63, 3.8) is 0 Å². The fourth-order valence-electron chi connectivity index (χ4n) is 2.08. The summed E-state index contributed by atoms with van der Waals surface area (Å²) in [7, 11) is 0. The van der Waals surface area contributed by atoms with Gasteiger partial charge in [0.25, 0.3) is 0 Å². The molecule has 0 fully saturated rings. The van der Waals surface area contributed by atoms with Crippen molar-refractivity contribution >= 4 is 11.9 Å². The van der Waals surface area contributed by atoms with Gasteiger partial charge in [-0.2, -0.15) is 0 Å². The minimum atomic E-state index is -0.919. The van der Waals surface area contributed by atoms with Gasteiger partial charge in [0.05, 0.1) is 6.61 Å². The van der Waals surface area contributed by atoms with Crippen LogP contribution in [0.25, 0.3) is 0 Å². The normalized spacial score (nSPS) is 11.7. The van der Waals surface area contributed by atoms with Crippen LogP contribution in [0.5, 0.6) is 11.5 Å². The van der Waals surface area contributed by atoms with E-state index < -0.39 is 5.97 Å². The molecule has 6 heteroatoms. The molecule has 0 radical (unpaired) electrons. The number of nitrogens with one attached hydrogen (secondary N) is 1. The van der Waals surface area contributed by atoms with E-state index in [0.717, 1.165) is 0 Å². The highest BCUT2D eigenvalue weighted by Crippen LogP contribution is 2.30. The van der Waals surface area contributed by atoms with E-state index >= 15 is 0 Å². The van der Waals surface area contributed by atoms with E-state index in [1.807, 2.05) is 6.92 Å². The van der Waals surface area contributed by atoms with E-state index in [0.29, 0.717) is 30.8 Å². The molecule has 1 unspecified atom stereocenters. The molecule has 1 amide bonds. The Labute approximate surface area is 123 Å². The highest BCUT2D eigenvalue weighted by Gasteiger charge is 2.16. The molecule has 0 aromatic heterocycles. The van der Waals surface area contributed by atoms with Crippen molar-refractivity contribution in [2.24, 2.45) is 0 Å². The van der Waals surface area contributed by atoms with Crippen molar-refractivity contribution in [2.45, 2.75) is 39.2 Å². The van der Waals surface area contributed by atoms with Crippen LogP contribution in [0.2, 0.25) is 0 Å². The van der Waals surface area contributed by atoms with Gasteiger partial charge in [0, 0.05) is 19.4 Å². The SMILES string of the molecule is CCOc1cccc(CC(CCC(=O)O)NC(C)=O)c1O. The van der Waals surface area contributed by atoms with E-state index in [2.05, 4.69) is 5.32 Å². The van der Waals surface area contributed by atoms with Crippen LogP contribution < -0.4 is 10.1 Å². The van der Waals surface area contributed by atoms with Crippen molar-refractivity contribution in [2.75, 3.05) is 6.61 Å². The van der Waals surface area contributed by atoms with Crippen LogP contribution in [0.4, 0.5) is 0 Å². The molecular formula is C15H21NO5. The lowest BCUT2D eigenvalue weighted by molar-refractivity contribution is -0.137. The molecule has 0 bridgehead atoms. The second kappa shape index (κ2) is 8.14. The van der Waals surface area contributed by atoms with Gasteiger partial charge < -0.3 is 20.3 Å². The Morgan fingerprint density at radius 2 is 2.10 bits per heavy atom. The first-order valence-corrected chi connectivity index (χ1v) is 6.86. The molecule has 1 aromatic rings. The number of para-hydroxylation sites is 1. The molecule has 1 atom stereocenters. The number of hydrogen-bond donors (Lipinski definition) is 3. The molecule has 0 saturated heterocycles. The number of carbonyl (C=O) groups is 2. The number of carboxylic acids is 1. The second-order valence-corrected chi connectivity index (χ2v) is 4.73. The quantitative estimate of drug-likeness (QED) is 0.678. The topological polar surface area (TPSA) is 95.9 Å². The lowest BCUT2D eigenvalue weighted by Gasteiger charge is -2.18. The lowest BCUT2D eigenvalue weighted by Crippen LogP contribution is -2.35. The zero-order chi connectivity index (χ0) is 15.8. The molecule has 1 rings (SSSR count). The minimum Gasteiger partial charge on any atom is -0.504 e. The summed E-state index contributed by atoms with van der Waals surface area (Å²) >= 11 is 0. The van der Waals surface area contributed by atoms with Gasteiger partial charge in [0.1, 0.15) is 0 Å². The average Bonchev–Trinajstić information content (AvgIpc) is 2.40. The molecule has 6 nitrogen and oxygen atoms in total. The number of amides is 1. The standard InChI is InChI=1S/C15H21NO5/c1-3-21-13-6-4-5-11(15(13)20)9-12(16-10(2)17)7-8-14(18)19/h4-6,12,20H,3,7-9H2,1-2H3,(H,16,17)(H,18,19). The van der Waals surface area contributed by atoms with Crippen molar-refractivity contribution in [3.05, 3.63) is 23.8 Å². The number of carbonyl (C=O) groups excluding carboxylic acids is 1. The Hall–Kier alpha value is -2.24. The molecule has 0 spiro atoms. The van der Waals surface area contributed by atoms with Crippen molar-refractivity contribution in [1.29, 1.82) is 0 Å². The summed E-state index contributed by atoms with van der Waals surface area (Å²) in [4.78, 5) is 21.9. The van der Waals surface area contributed by atoms with E-state index in [9.17, 15) is 14.7 Å². The molecular weight excluding hydrogens is 274 g/mol. The smallest absolute Gasteiger partial charge is 0.303 e. The third-order valence-corrected chi connectivity index (χ3v) is 2.96. The van der Waals surface area contributed by atoms with E-state index in [4.69, 9.17) is 9.84 Å². The summed E-state index contributed by atoms with van der Waals surface area (Å²) in [5.74, 6) is -0.733. The average molecular weight is 295 g/mol. The van der Waals surface area contributed by atoms with Crippen LogP contribution >= 0.6 is 0 Å². The number of phenols is 1. The number of carboxylic acid groups (broad SMARTS) is 1. The zero-order valence-electron chi connectivity index (χ0n) is 12.3. The van der Waals surface area contributed by atoms with Crippen LogP contribution in [-0.4, -0.2) is 34.7 Å². The maximum Gasteiger partial charge on any atom is 0.303 e. The van der Waals surface area contributed by atoms with Crippen molar-refractivity contribution < 1.29 is 24.5 Å². The van der Waals surface area contributed by atoms with Gasteiger partial charge in [-0.3, -0.25) is 9.59 Å². The predicted molar refractivity (Wildman–Crippen MR) is 77.5 cm³/mol. The largest absolute Gasteiger partial charge is 0.504 e. The van der Waals surface area contributed by atoms with Gasteiger partial charge in [-0.25, -0.2) is 0 Å². The molecule has 3 N–H and O–H groups in total. The van der Waals surface area contributed by atoms with E-state index in [1.165, 1.54) is 6.92 Å². The number of benzene rings is 1. The fourth-order valence-corrected chi connectivity index (χ4v) is 2.08. The first-order valence-electron chi connectivity index (χ1n) is 6.86. The Morgan fingerprint density at radius 1 is 1.38 bits per heavy atom. The van der Waals surface area contributed by atoms with Gasteiger partial charge in [-0.1, -0.05) is 12.1 Å². The lowest BCUT2D eigenvalue weighted by atomic mass is 10.0. The van der Waals surface area contributed by atoms with Crippen LogP contribution in [0.1, 0.15) is 32.3 Å². The van der Waals surface area contributed by atoms with Gasteiger partial charge in [0.2, 0.25) is 5.91 Å².